The summed E-state index contributed by atoms with van der Waals surface area (Å²) in [6, 6.07) is 0. The number of hydrogen-bond donors (Lipinski definition) is 1. The van der Waals surface area contributed by atoms with E-state index >= 15 is 0 Å². The van der Waals surface area contributed by atoms with Crippen molar-refractivity contribution in [3.05, 3.63) is 35.5 Å². The minimum atomic E-state index is -1.48. The van der Waals surface area contributed by atoms with Crippen molar-refractivity contribution in [3.8, 4) is 0 Å². The largest absolute Gasteiger partial charge is 0.458 e. The molecule has 5 heteroatoms. The fraction of sp³-hybridized carbons (Fsp3) is 0.625. The molecule has 4 aliphatic rings. The molecule has 2 unspecified atom stereocenters. The second kappa shape index (κ2) is 6.49. The summed E-state index contributed by atoms with van der Waals surface area (Å²) in [6.45, 7) is 7.27. The highest BCUT2D eigenvalue weighted by Crippen LogP contribution is 2.65. The van der Waals surface area contributed by atoms with Crippen LogP contribution in [0.2, 0.25) is 0 Å². The zero-order chi connectivity index (χ0) is 21.2. The minimum Gasteiger partial charge on any atom is -0.458 e. The Morgan fingerprint density at radius 3 is 2.69 bits per heavy atom. The first-order valence-electron chi connectivity index (χ1n) is 10.6. The highest BCUT2D eigenvalue weighted by atomic mass is 16.5. The molecule has 0 amide bonds. The number of Topliss-reactive ketones (excluding diaryl/α,β-unsaturated/α-hetero) is 1. The molecule has 0 saturated heterocycles. The Morgan fingerprint density at radius 2 is 2.00 bits per heavy atom. The maximum atomic E-state index is 12.9. The first-order chi connectivity index (χ1) is 13.5. The van der Waals surface area contributed by atoms with E-state index in [0.29, 0.717) is 12.8 Å². The van der Waals surface area contributed by atoms with Crippen molar-refractivity contribution in [2.24, 2.45) is 28.6 Å². The maximum Gasteiger partial charge on any atom is 0.303 e. The molecule has 6 atom stereocenters. The van der Waals surface area contributed by atoms with Crippen LogP contribution in [0.5, 0.6) is 0 Å². The topological polar surface area (TPSA) is 80.7 Å². The first kappa shape index (κ1) is 20.3. The van der Waals surface area contributed by atoms with Crippen LogP contribution in [0.4, 0.5) is 0 Å². The lowest BCUT2D eigenvalue weighted by Crippen LogP contribution is -2.56. The predicted octanol–water partition coefficient (Wildman–Crippen LogP) is 3.32. The summed E-state index contributed by atoms with van der Waals surface area (Å²) in [7, 11) is 0. The van der Waals surface area contributed by atoms with Crippen LogP contribution in [0.3, 0.4) is 0 Å². The van der Waals surface area contributed by atoms with Crippen LogP contribution < -0.4 is 0 Å². The fourth-order valence-corrected chi connectivity index (χ4v) is 6.68. The zero-order valence-electron chi connectivity index (χ0n) is 17.7. The van der Waals surface area contributed by atoms with Crippen molar-refractivity contribution in [1.82, 2.24) is 0 Å². The van der Waals surface area contributed by atoms with Gasteiger partial charge in [0.1, 0.15) is 5.60 Å². The Kier molecular flexibility index (Phi) is 4.54. The third kappa shape index (κ3) is 2.73. The van der Waals surface area contributed by atoms with Crippen LogP contribution in [0.1, 0.15) is 53.4 Å². The van der Waals surface area contributed by atoms with Crippen molar-refractivity contribution >= 4 is 17.5 Å². The lowest BCUT2D eigenvalue weighted by Gasteiger charge is -2.55. The number of esters is 1. The van der Waals surface area contributed by atoms with Gasteiger partial charge in [-0.2, -0.15) is 0 Å². The van der Waals surface area contributed by atoms with Gasteiger partial charge in [0.05, 0.1) is 0 Å². The second-order valence-corrected chi connectivity index (χ2v) is 9.77. The number of aliphatic hydroxyl groups is 1. The van der Waals surface area contributed by atoms with E-state index in [1.807, 2.05) is 13.0 Å². The van der Waals surface area contributed by atoms with Crippen molar-refractivity contribution in [1.29, 1.82) is 0 Å². The third-order valence-electron chi connectivity index (χ3n) is 8.30. The van der Waals surface area contributed by atoms with Crippen LogP contribution in [-0.2, 0) is 19.1 Å². The van der Waals surface area contributed by atoms with E-state index in [1.54, 1.807) is 12.2 Å². The van der Waals surface area contributed by atoms with Gasteiger partial charge in [0, 0.05) is 17.8 Å². The molecule has 1 N–H and O–H groups in total. The number of ketones is 2. The summed E-state index contributed by atoms with van der Waals surface area (Å²) in [6.07, 6.45) is 10.4. The molecular weight excluding hydrogens is 368 g/mol. The van der Waals surface area contributed by atoms with Gasteiger partial charge in [-0.25, -0.2) is 0 Å². The van der Waals surface area contributed by atoms with Crippen LogP contribution in [0.25, 0.3) is 0 Å². The summed E-state index contributed by atoms with van der Waals surface area (Å²) >= 11 is 0. The molecule has 156 valence electrons. The van der Waals surface area contributed by atoms with E-state index in [1.165, 1.54) is 18.1 Å². The molecule has 0 radical (unpaired) electrons. The predicted molar refractivity (Wildman–Crippen MR) is 108 cm³/mol. The quantitative estimate of drug-likeness (QED) is 0.583. The molecule has 0 aromatic heterocycles. The number of rotatable bonds is 3. The van der Waals surface area contributed by atoms with Gasteiger partial charge in [0.2, 0.25) is 5.78 Å². The average molecular weight is 398 g/mol. The second-order valence-electron chi connectivity index (χ2n) is 9.77. The molecule has 4 rings (SSSR count). The Labute approximate surface area is 171 Å². The average Bonchev–Trinajstić information content (AvgIpc) is 2.94. The number of hydrogen-bond acceptors (Lipinski definition) is 5. The van der Waals surface area contributed by atoms with Crippen LogP contribution in [0, 0.1) is 28.6 Å². The summed E-state index contributed by atoms with van der Waals surface area (Å²) in [5.74, 6) is -0.146. The molecule has 2 fully saturated rings. The molecular formula is C24H30O5. The maximum absolute atomic E-state index is 12.9. The van der Waals surface area contributed by atoms with Gasteiger partial charge in [-0.1, -0.05) is 31.6 Å². The van der Waals surface area contributed by atoms with Crippen molar-refractivity contribution in [3.63, 3.8) is 0 Å². The Bertz CT molecular complexity index is 880. The smallest absolute Gasteiger partial charge is 0.303 e. The number of ether oxygens (including phenoxy) is 1. The summed E-state index contributed by atoms with van der Waals surface area (Å²) < 4.78 is 4.91. The summed E-state index contributed by atoms with van der Waals surface area (Å²) in [4.78, 5) is 36.0. The Hall–Kier alpha value is -2.01. The molecule has 0 aromatic rings. The van der Waals surface area contributed by atoms with E-state index in [-0.39, 0.29) is 35.6 Å². The van der Waals surface area contributed by atoms with Crippen molar-refractivity contribution < 1.29 is 24.2 Å². The fourth-order valence-electron chi connectivity index (χ4n) is 6.68. The van der Waals surface area contributed by atoms with E-state index in [2.05, 4.69) is 19.9 Å². The summed E-state index contributed by atoms with van der Waals surface area (Å²) in [5.41, 5.74) is 0.178. The molecule has 0 aliphatic heterocycles. The molecule has 0 aromatic carbocycles. The van der Waals surface area contributed by atoms with Crippen LogP contribution in [-0.4, -0.2) is 34.9 Å². The van der Waals surface area contributed by atoms with E-state index in [9.17, 15) is 19.5 Å². The number of carbonyl (C=O) groups is 3. The van der Waals surface area contributed by atoms with Gasteiger partial charge >= 0.3 is 5.97 Å². The van der Waals surface area contributed by atoms with E-state index in [0.717, 1.165) is 12.8 Å². The molecule has 5 nitrogen and oxygen atoms in total. The highest BCUT2D eigenvalue weighted by molar-refractivity contribution is 6.01. The van der Waals surface area contributed by atoms with Crippen LogP contribution >= 0.6 is 0 Å². The SMILES string of the molecule is CC(=O)OCC(=O)[C@@]1(O)CCC2C3C[C@H](C)C4=CC(=O)C=C[C@]4(C)C3=CC[C@@]21C. The van der Waals surface area contributed by atoms with E-state index in [4.69, 9.17) is 4.74 Å². The number of fused-ring (bicyclic) bond motifs is 5. The normalized spacial score (nSPS) is 42.9. The zero-order valence-corrected chi connectivity index (χ0v) is 17.7. The van der Waals surface area contributed by atoms with Crippen LogP contribution in [0.15, 0.2) is 35.5 Å². The molecule has 29 heavy (non-hydrogen) atoms. The number of allylic oxidation sites excluding steroid dienone is 6. The Morgan fingerprint density at radius 1 is 1.28 bits per heavy atom. The first-order valence-corrected chi connectivity index (χ1v) is 10.6. The molecule has 2 saturated carbocycles. The monoisotopic (exact) mass is 398 g/mol. The molecule has 4 aliphatic carbocycles. The van der Waals surface area contributed by atoms with Gasteiger partial charge in [-0.15, -0.1) is 0 Å². The van der Waals surface area contributed by atoms with Gasteiger partial charge in [0.15, 0.2) is 12.4 Å². The lowest BCUT2D eigenvalue weighted by molar-refractivity contribution is -0.162. The standard InChI is InChI=1S/C24H30O5/c1-14-11-17-18(22(3)8-5-16(26)12-20(14)22)6-9-23(4)19(17)7-10-24(23,28)21(27)13-29-15(2)25/h5-6,8,12,14,17,19,28H,7,9-11,13H2,1-4H3/t14-,17?,19?,22+,23-,24-/m0/s1. The van der Waals surface area contributed by atoms with Gasteiger partial charge < -0.3 is 9.84 Å². The van der Waals surface area contributed by atoms with E-state index < -0.39 is 22.8 Å². The van der Waals surface area contributed by atoms with Gasteiger partial charge in [0.25, 0.3) is 0 Å². The van der Waals surface area contributed by atoms with Crippen molar-refractivity contribution in [2.45, 2.75) is 59.0 Å². The highest BCUT2D eigenvalue weighted by Gasteiger charge is 2.64. The minimum absolute atomic E-state index is 0.0512. The van der Waals surface area contributed by atoms with Gasteiger partial charge in [-0.05, 0) is 68.1 Å². The van der Waals surface area contributed by atoms with Gasteiger partial charge in [-0.3, -0.25) is 14.4 Å². The summed E-state index contributed by atoms with van der Waals surface area (Å²) in [5, 5.41) is 11.5. The van der Waals surface area contributed by atoms with Crippen molar-refractivity contribution in [2.75, 3.05) is 6.61 Å². The molecule has 0 spiro atoms. The third-order valence-corrected chi connectivity index (χ3v) is 8.30. The number of carbonyl (C=O) groups excluding carboxylic acids is 3. The Balaban J connectivity index is 1.70. The lowest BCUT2D eigenvalue weighted by atomic mass is 9.49. The molecule has 0 bridgehead atoms. The molecule has 0 heterocycles.